The number of β-amino-alcohol motifs (C(OH)–C–C–N with tert-alkyl or cyclic N) is 1. The number of aliphatic imine (C=N–C) groups is 1. The standard InChI is InChI=1S/C57H68F2N10O8S2/c1-33-49(78-32-63-33)34-17-19-37(20-18-34)57(5)65-51(66-77-57)45-24-39(70)29-69(45)55(74)50(56(2,3)4)64-46(71)16-14-12-10-8-9-11-13-15-21-60-53(72)40-25-44-41(22-35(40)31-79(7,75)76)42-30-67(6)54(73)48-47(42)36(26-61-48)28-68(44)52-43(59)23-38(58)27-62-52/h17-20,22-23,25-27,30,32,39,45,50,61,70H,8-16,21,24,28-29,31H2,1-7H3,(H,60,72)(H,64,71)(H,65,66)/t39-,45+,50-,57-/m1/s1. The van der Waals surface area contributed by atoms with Gasteiger partial charge in [0.25, 0.3) is 11.5 Å². The number of amides is 3. The van der Waals surface area contributed by atoms with Crippen LogP contribution in [-0.4, -0.2) is 99.0 Å². The van der Waals surface area contributed by atoms with Gasteiger partial charge < -0.3 is 35.1 Å². The number of carbonyl (C=O) groups is 3. The number of H-pyrrole nitrogens is 1. The van der Waals surface area contributed by atoms with Crippen molar-refractivity contribution in [2.75, 3.05) is 24.2 Å². The van der Waals surface area contributed by atoms with Gasteiger partial charge in [0.2, 0.25) is 17.5 Å². The van der Waals surface area contributed by atoms with E-state index in [0.717, 1.165) is 72.7 Å². The molecule has 18 nitrogen and oxygen atoms in total. The zero-order valence-electron chi connectivity index (χ0n) is 45.5. The number of fused-ring (bicyclic) bond motifs is 2. The van der Waals surface area contributed by atoms with Crippen LogP contribution in [0.15, 0.2) is 76.4 Å². The number of halogens is 2. The number of hydrogen-bond donors (Lipinski definition) is 5. The van der Waals surface area contributed by atoms with E-state index in [1.807, 2.05) is 64.4 Å². The Morgan fingerprint density at radius 1 is 1.00 bits per heavy atom. The number of benzene rings is 2. The van der Waals surface area contributed by atoms with Gasteiger partial charge in [0.15, 0.2) is 21.5 Å². The second kappa shape index (κ2) is 23.1. The number of aromatic amines is 1. The number of unbranched alkanes of at least 4 members (excludes halogenated alkanes) is 7. The van der Waals surface area contributed by atoms with Crippen molar-refractivity contribution in [3.8, 4) is 21.6 Å². The lowest BCUT2D eigenvalue weighted by Gasteiger charge is -2.35. The zero-order chi connectivity index (χ0) is 56.6. The summed E-state index contributed by atoms with van der Waals surface area (Å²) >= 11 is 1.58. The molecule has 2 aromatic carbocycles. The second-order valence-corrected chi connectivity index (χ2v) is 25.3. The Morgan fingerprint density at radius 3 is 2.38 bits per heavy atom. The van der Waals surface area contributed by atoms with Gasteiger partial charge in [0, 0.05) is 85.3 Å². The highest BCUT2D eigenvalue weighted by atomic mass is 32.2. The predicted octanol–water partition coefficient (Wildman–Crippen LogP) is 8.37. The quantitative estimate of drug-likeness (QED) is 0.0454. The summed E-state index contributed by atoms with van der Waals surface area (Å²) in [6.45, 7) is 9.93. The largest absolute Gasteiger partial charge is 0.391 e. The van der Waals surface area contributed by atoms with Crippen LogP contribution in [-0.2, 0) is 49.3 Å². The summed E-state index contributed by atoms with van der Waals surface area (Å²) in [5, 5.41) is 17.4. The topological polar surface area (TPSA) is 233 Å². The van der Waals surface area contributed by atoms with Gasteiger partial charge in [0.1, 0.15) is 23.2 Å². The van der Waals surface area contributed by atoms with Crippen LogP contribution >= 0.6 is 11.3 Å². The smallest absolute Gasteiger partial charge is 0.274 e. The van der Waals surface area contributed by atoms with Crippen LogP contribution in [0.4, 0.5) is 20.3 Å². The molecule has 3 aliphatic heterocycles. The Bertz CT molecular complexity index is 3500. The van der Waals surface area contributed by atoms with Crippen LogP contribution in [0.5, 0.6) is 0 Å². The first-order valence-electron chi connectivity index (χ1n) is 26.7. The molecule has 0 unspecified atom stereocenters. The van der Waals surface area contributed by atoms with Crippen molar-refractivity contribution in [3.63, 3.8) is 0 Å². The van der Waals surface area contributed by atoms with Gasteiger partial charge in [-0.1, -0.05) is 83.6 Å². The second-order valence-electron chi connectivity index (χ2n) is 22.3. The number of aromatic nitrogens is 4. The average Bonchev–Trinajstić information content (AvgIpc) is 4.41. The molecule has 0 saturated carbocycles. The predicted molar refractivity (Wildman–Crippen MR) is 300 cm³/mol. The molecular weight excluding hydrogens is 1050 g/mol. The van der Waals surface area contributed by atoms with Crippen LogP contribution in [0.3, 0.4) is 0 Å². The first-order chi connectivity index (χ1) is 37.5. The van der Waals surface area contributed by atoms with Gasteiger partial charge in [-0.05, 0) is 60.9 Å². The Hall–Kier alpha value is -6.88. The average molecular weight is 1120 g/mol. The lowest BCUT2D eigenvalue weighted by molar-refractivity contribution is -0.139. The van der Waals surface area contributed by atoms with Gasteiger partial charge in [-0.15, -0.1) is 11.3 Å². The molecule has 0 radical (unpaired) electrons. The summed E-state index contributed by atoms with van der Waals surface area (Å²) in [4.78, 5) is 81.6. The number of aryl methyl sites for hydroxylation is 2. The first kappa shape index (κ1) is 56.8. The summed E-state index contributed by atoms with van der Waals surface area (Å²) in [6.07, 6.45) is 11.6. The van der Waals surface area contributed by atoms with Gasteiger partial charge in [-0.3, -0.25) is 19.2 Å². The lowest BCUT2D eigenvalue weighted by atomic mass is 9.85. The van der Waals surface area contributed by atoms with Crippen molar-refractivity contribution in [2.24, 2.45) is 17.5 Å². The number of likely N-dealkylation sites (tertiary alicyclic amines) is 1. The molecule has 3 aliphatic rings. The molecule has 420 valence electrons. The van der Waals surface area contributed by atoms with E-state index in [4.69, 9.17) is 9.83 Å². The van der Waals surface area contributed by atoms with E-state index in [1.54, 1.807) is 41.7 Å². The third-order valence-corrected chi connectivity index (χ3v) is 16.8. The zero-order valence-corrected chi connectivity index (χ0v) is 47.2. The highest BCUT2D eigenvalue weighted by molar-refractivity contribution is 7.89. The summed E-state index contributed by atoms with van der Waals surface area (Å²) in [5.41, 5.74) is 8.12. The molecule has 5 N–H and O–H groups in total. The van der Waals surface area contributed by atoms with Gasteiger partial charge in [-0.25, -0.2) is 42.5 Å². The summed E-state index contributed by atoms with van der Waals surface area (Å²) in [7, 11) is -2.08. The summed E-state index contributed by atoms with van der Waals surface area (Å²) in [5.74, 6) is -3.10. The number of hydrogen-bond acceptors (Lipinski definition) is 14. The number of carbonyl (C=O) groups excluding carboxylic acids is 3. The maximum absolute atomic E-state index is 15.6. The Kier molecular flexibility index (Phi) is 16.6. The van der Waals surface area contributed by atoms with Crippen LogP contribution in [0.1, 0.15) is 125 Å². The number of nitrogens with zero attached hydrogens (tertiary/aromatic N) is 6. The molecule has 3 amide bonds. The molecule has 6 aromatic rings. The number of amidine groups is 1. The maximum Gasteiger partial charge on any atom is 0.274 e. The van der Waals surface area contributed by atoms with E-state index in [2.05, 4.69) is 31.1 Å². The number of pyridine rings is 2. The molecule has 1 saturated heterocycles. The van der Waals surface area contributed by atoms with Crippen LogP contribution in [0.2, 0.25) is 0 Å². The van der Waals surface area contributed by atoms with E-state index in [0.29, 0.717) is 64.6 Å². The fourth-order valence-corrected chi connectivity index (χ4v) is 12.4. The van der Waals surface area contributed by atoms with E-state index in [1.165, 1.54) is 15.5 Å². The van der Waals surface area contributed by atoms with Crippen molar-refractivity contribution in [3.05, 3.63) is 117 Å². The number of rotatable bonds is 20. The maximum atomic E-state index is 15.6. The molecule has 0 bridgehead atoms. The number of thiazole rings is 1. The Morgan fingerprint density at radius 2 is 1.71 bits per heavy atom. The molecule has 7 heterocycles. The van der Waals surface area contributed by atoms with E-state index in [-0.39, 0.29) is 60.2 Å². The Balaban J connectivity index is 0.748. The van der Waals surface area contributed by atoms with Crippen LogP contribution in [0, 0.1) is 24.0 Å². The van der Waals surface area contributed by atoms with E-state index in [9.17, 15) is 37.1 Å². The van der Waals surface area contributed by atoms with Crippen molar-refractivity contribution < 1.29 is 41.5 Å². The number of nitrogens with one attached hydrogen (secondary N) is 4. The number of sulfone groups is 1. The molecule has 0 spiro atoms. The third-order valence-electron chi connectivity index (χ3n) is 15.0. The van der Waals surface area contributed by atoms with Gasteiger partial charge in [-0.2, -0.15) is 0 Å². The molecule has 1 fully saturated rings. The first-order valence-corrected chi connectivity index (χ1v) is 29.7. The van der Waals surface area contributed by atoms with Gasteiger partial charge >= 0.3 is 0 Å². The van der Waals surface area contributed by atoms with Crippen molar-refractivity contribution in [1.29, 1.82) is 0 Å². The minimum atomic E-state index is -3.67. The van der Waals surface area contributed by atoms with Crippen molar-refractivity contribution >= 4 is 67.1 Å². The number of hydroxylamine groups is 1. The number of aliphatic hydroxyl groups is 1. The normalized spacial score (nSPS) is 18.5. The molecule has 0 aliphatic carbocycles. The number of aliphatic hydroxyl groups excluding tert-OH is 1. The minimum Gasteiger partial charge on any atom is -0.391 e. The summed E-state index contributed by atoms with van der Waals surface area (Å²) < 4.78 is 56.7. The van der Waals surface area contributed by atoms with Crippen LogP contribution in [0.25, 0.3) is 32.5 Å². The monoisotopic (exact) mass is 1120 g/mol. The van der Waals surface area contributed by atoms with Crippen molar-refractivity contribution in [1.82, 2.24) is 40.5 Å². The van der Waals surface area contributed by atoms with Gasteiger partial charge in [0.05, 0.1) is 52.4 Å². The van der Waals surface area contributed by atoms with E-state index >= 15 is 4.39 Å². The fourth-order valence-electron chi connectivity index (χ4n) is 10.8. The molecule has 22 heteroatoms. The molecular formula is C57H68F2N10O8S2. The highest BCUT2D eigenvalue weighted by Gasteiger charge is 2.47. The lowest BCUT2D eigenvalue weighted by Crippen LogP contribution is -2.57. The summed E-state index contributed by atoms with van der Waals surface area (Å²) in [6, 6.07) is 10.3. The molecule has 79 heavy (non-hydrogen) atoms. The van der Waals surface area contributed by atoms with E-state index < -0.39 is 62.5 Å². The minimum absolute atomic E-state index is 0.00261. The molecule has 9 rings (SSSR count). The Labute approximate surface area is 462 Å². The molecule has 4 aromatic heterocycles. The number of anilines is 2. The van der Waals surface area contributed by atoms with Crippen molar-refractivity contribution in [2.45, 2.75) is 135 Å². The SMILES string of the molecule is Cc1ncsc1-c1ccc([C@]2(C)N=C([C@@H]3C[C@@H](O)CN3C(=O)[C@@H](NC(=O)CCCCCCCCCCNC(=O)c3cc4c(cc3CS(C)(=O)=O)-c3cn(C)c(=O)c5[nH]cc(c35)CN4c3ncc(F)cc3F)C(C)(C)C)NO2)cc1. The molecule has 4 atom stereocenters. The highest BCUT2D eigenvalue weighted by Crippen LogP contribution is 2.45. The van der Waals surface area contributed by atoms with Crippen LogP contribution < -0.4 is 26.6 Å². The third kappa shape index (κ3) is 12.5. The fraction of sp³-hybridized carbons (Fsp3) is 0.456.